The summed E-state index contributed by atoms with van der Waals surface area (Å²) in [5, 5.41) is 0. The van der Waals surface area contributed by atoms with E-state index >= 15 is 0 Å². The molecule has 0 amide bonds. The Kier molecular flexibility index (Phi) is 3.04. The largest absolute Gasteiger partial charge is 0.326 e. The highest BCUT2D eigenvalue weighted by Crippen LogP contribution is 2.34. The van der Waals surface area contributed by atoms with Gasteiger partial charge in [0.1, 0.15) is 5.78 Å². The van der Waals surface area contributed by atoms with E-state index in [-0.39, 0.29) is 18.4 Å². The Bertz CT molecular complexity index is 147. The smallest absolute Gasteiger partial charge is 0.324 e. The van der Waals surface area contributed by atoms with E-state index in [1.165, 1.54) is 6.92 Å². The van der Waals surface area contributed by atoms with Gasteiger partial charge in [-0.05, 0) is 6.92 Å². The van der Waals surface area contributed by atoms with Gasteiger partial charge in [0.2, 0.25) is 0 Å². The summed E-state index contributed by atoms with van der Waals surface area (Å²) < 4.78 is 10.1. The van der Waals surface area contributed by atoms with Crippen LogP contribution in [-0.4, -0.2) is 21.7 Å². The number of ketones is 1. The summed E-state index contributed by atoms with van der Waals surface area (Å²) in [7, 11) is -3.94. The van der Waals surface area contributed by atoms with E-state index in [0.29, 0.717) is 0 Å². The van der Waals surface area contributed by atoms with Crippen LogP contribution in [0, 0.1) is 0 Å². The number of Topliss-reactive ketones (excluding diaryl/α,β-unsaturated/α-hetero) is 1. The fourth-order valence-electron chi connectivity index (χ4n) is 0.303. The molecule has 0 aromatic heterocycles. The average molecular weight is 152 g/mol. The van der Waals surface area contributed by atoms with Crippen molar-refractivity contribution in [1.82, 2.24) is 0 Å². The average Bonchev–Trinajstić information content (AvgIpc) is 1.59. The lowest BCUT2D eigenvalue weighted by Crippen LogP contribution is -1.95. The van der Waals surface area contributed by atoms with Crippen LogP contribution in [0.1, 0.15) is 13.3 Å². The molecular weight excluding hydrogens is 143 g/mol. The molecule has 0 fully saturated rings. The summed E-state index contributed by atoms with van der Waals surface area (Å²) in [6, 6.07) is 0. The molecule has 0 heterocycles. The summed E-state index contributed by atoms with van der Waals surface area (Å²) in [4.78, 5) is 26.6. The molecule has 0 saturated heterocycles. The predicted molar refractivity (Wildman–Crippen MR) is 32.2 cm³/mol. The van der Waals surface area contributed by atoms with Crippen molar-refractivity contribution in [3.63, 3.8) is 0 Å². The summed E-state index contributed by atoms with van der Waals surface area (Å²) in [6.45, 7) is 1.30. The lowest BCUT2D eigenvalue weighted by Gasteiger charge is -1.98. The first-order chi connectivity index (χ1) is 3.92. The second-order valence-corrected chi connectivity index (χ2v) is 3.62. The molecule has 0 aliphatic rings. The van der Waals surface area contributed by atoms with Gasteiger partial charge in [-0.25, -0.2) is 0 Å². The van der Waals surface area contributed by atoms with Crippen molar-refractivity contribution in [1.29, 1.82) is 0 Å². The molecular formula is C4H9O4P. The molecule has 4 nitrogen and oxygen atoms in total. The quantitative estimate of drug-likeness (QED) is 0.564. The Morgan fingerprint density at radius 2 is 2.00 bits per heavy atom. The molecule has 0 spiro atoms. The highest BCUT2D eigenvalue weighted by molar-refractivity contribution is 7.51. The van der Waals surface area contributed by atoms with E-state index in [9.17, 15) is 9.36 Å². The lowest BCUT2D eigenvalue weighted by atomic mass is 10.4. The van der Waals surface area contributed by atoms with Crippen LogP contribution in [-0.2, 0) is 9.36 Å². The summed E-state index contributed by atoms with van der Waals surface area (Å²) in [6.07, 6.45) is -0.368. The Balaban J connectivity index is 3.53. The molecule has 0 aliphatic heterocycles. The molecule has 0 saturated carbocycles. The van der Waals surface area contributed by atoms with Crippen molar-refractivity contribution >= 4 is 13.4 Å². The molecule has 0 atom stereocenters. The zero-order chi connectivity index (χ0) is 7.49. The fraction of sp³-hybridized carbons (Fsp3) is 0.750. The molecule has 2 N–H and O–H groups in total. The van der Waals surface area contributed by atoms with E-state index in [1.54, 1.807) is 0 Å². The van der Waals surface area contributed by atoms with Crippen LogP contribution < -0.4 is 0 Å². The monoisotopic (exact) mass is 152 g/mol. The molecule has 0 rings (SSSR count). The van der Waals surface area contributed by atoms with E-state index in [4.69, 9.17) is 9.79 Å². The van der Waals surface area contributed by atoms with Crippen LogP contribution in [0.2, 0.25) is 0 Å². The minimum atomic E-state index is -3.94. The third-order valence-electron chi connectivity index (χ3n) is 0.755. The SMILES string of the molecule is CC(=O)CCP(=O)(O)O. The van der Waals surface area contributed by atoms with Gasteiger partial charge in [-0.2, -0.15) is 0 Å². The third-order valence-corrected chi connectivity index (χ3v) is 1.56. The standard InChI is InChI=1S/C4H9O4P/c1-4(5)2-3-9(6,7)8/h2-3H2,1H3,(H2,6,7,8). The maximum absolute atomic E-state index is 10.1. The molecule has 0 aliphatic carbocycles. The van der Waals surface area contributed by atoms with Crippen molar-refractivity contribution in [2.75, 3.05) is 6.16 Å². The van der Waals surface area contributed by atoms with Gasteiger partial charge in [-0.3, -0.25) is 4.57 Å². The highest BCUT2D eigenvalue weighted by Gasteiger charge is 2.12. The van der Waals surface area contributed by atoms with E-state index in [2.05, 4.69) is 0 Å². The molecule has 0 unspecified atom stereocenters. The van der Waals surface area contributed by atoms with E-state index in [0.717, 1.165) is 0 Å². The number of hydrogen-bond acceptors (Lipinski definition) is 2. The normalized spacial score (nSPS) is 11.4. The van der Waals surface area contributed by atoms with Crippen LogP contribution in [0.5, 0.6) is 0 Å². The fourth-order valence-corrected chi connectivity index (χ4v) is 0.909. The van der Waals surface area contributed by atoms with Gasteiger partial charge in [-0.1, -0.05) is 0 Å². The number of hydrogen-bond donors (Lipinski definition) is 2. The Labute approximate surface area is 53.0 Å². The number of carbonyl (C=O) groups excluding carboxylic acids is 1. The van der Waals surface area contributed by atoms with Gasteiger partial charge in [0.05, 0.1) is 6.16 Å². The van der Waals surface area contributed by atoms with Gasteiger partial charge in [-0.15, -0.1) is 0 Å². The maximum Gasteiger partial charge on any atom is 0.326 e. The first kappa shape index (κ1) is 8.82. The lowest BCUT2D eigenvalue weighted by molar-refractivity contribution is -0.116. The van der Waals surface area contributed by atoms with Gasteiger partial charge in [0, 0.05) is 6.42 Å². The van der Waals surface area contributed by atoms with E-state index in [1.807, 2.05) is 0 Å². The minimum Gasteiger partial charge on any atom is -0.324 e. The van der Waals surface area contributed by atoms with Crippen LogP contribution in [0.25, 0.3) is 0 Å². The molecule has 0 radical (unpaired) electrons. The summed E-state index contributed by atoms with van der Waals surface area (Å²) in [5.41, 5.74) is 0. The Morgan fingerprint density at radius 3 is 2.11 bits per heavy atom. The maximum atomic E-state index is 10.1. The van der Waals surface area contributed by atoms with Crippen LogP contribution >= 0.6 is 7.60 Å². The minimum absolute atomic E-state index is 0.0374. The summed E-state index contributed by atoms with van der Waals surface area (Å²) in [5.74, 6) is -0.196. The molecule has 0 aromatic carbocycles. The van der Waals surface area contributed by atoms with Crippen LogP contribution in [0.4, 0.5) is 0 Å². The van der Waals surface area contributed by atoms with Gasteiger partial charge >= 0.3 is 7.60 Å². The molecule has 0 aromatic rings. The Hall–Kier alpha value is -0.180. The van der Waals surface area contributed by atoms with E-state index < -0.39 is 7.60 Å². The second-order valence-electron chi connectivity index (χ2n) is 1.84. The first-order valence-corrected chi connectivity index (χ1v) is 4.25. The highest BCUT2D eigenvalue weighted by atomic mass is 31.2. The topological polar surface area (TPSA) is 74.6 Å². The van der Waals surface area contributed by atoms with Crippen molar-refractivity contribution < 1.29 is 19.1 Å². The van der Waals surface area contributed by atoms with Crippen LogP contribution in [0.3, 0.4) is 0 Å². The third kappa shape index (κ3) is 7.82. The molecule has 0 bridgehead atoms. The molecule has 9 heavy (non-hydrogen) atoms. The first-order valence-electron chi connectivity index (χ1n) is 2.46. The molecule has 54 valence electrons. The van der Waals surface area contributed by atoms with Crippen LogP contribution in [0.15, 0.2) is 0 Å². The van der Waals surface area contributed by atoms with Crippen molar-refractivity contribution in [3.05, 3.63) is 0 Å². The zero-order valence-electron chi connectivity index (χ0n) is 5.07. The van der Waals surface area contributed by atoms with Gasteiger partial charge < -0.3 is 14.6 Å². The number of rotatable bonds is 3. The predicted octanol–water partition coefficient (Wildman–Crippen LogP) is 0.143. The Morgan fingerprint density at radius 1 is 1.56 bits per heavy atom. The van der Waals surface area contributed by atoms with Gasteiger partial charge in [0.25, 0.3) is 0 Å². The molecule has 5 heteroatoms. The van der Waals surface area contributed by atoms with Crippen molar-refractivity contribution in [3.8, 4) is 0 Å². The van der Waals surface area contributed by atoms with Crippen molar-refractivity contribution in [2.24, 2.45) is 0 Å². The number of carbonyl (C=O) groups is 1. The zero-order valence-corrected chi connectivity index (χ0v) is 5.97. The van der Waals surface area contributed by atoms with Crippen molar-refractivity contribution in [2.45, 2.75) is 13.3 Å². The van der Waals surface area contributed by atoms with Gasteiger partial charge in [0.15, 0.2) is 0 Å². The summed E-state index contributed by atoms with van der Waals surface area (Å²) >= 11 is 0. The second kappa shape index (κ2) is 3.11.